The highest BCUT2D eigenvalue weighted by Crippen LogP contribution is 2.22. The third-order valence-corrected chi connectivity index (χ3v) is 3.00. The van der Waals surface area contributed by atoms with E-state index in [1.54, 1.807) is 0 Å². The lowest BCUT2D eigenvalue weighted by atomic mass is 10.0. The van der Waals surface area contributed by atoms with Crippen LogP contribution in [0.4, 0.5) is 0 Å². The maximum Gasteiger partial charge on any atom is 0.137 e. The summed E-state index contributed by atoms with van der Waals surface area (Å²) in [7, 11) is 0. The monoisotopic (exact) mass is 241 g/mol. The van der Waals surface area contributed by atoms with Crippen molar-refractivity contribution in [1.29, 1.82) is 0 Å². The van der Waals surface area contributed by atoms with E-state index in [0.717, 1.165) is 18.7 Å². The van der Waals surface area contributed by atoms with Crippen LogP contribution < -0.4 is 10.1 Å². The molecule has 3 heteroatoms. The number of benzene rings is 1. The van der Waals surface area contributed by atoms with Gasteiger partial charge < -0.3 is 10.1 Å². The van der Waals surface area contributed by atoms with Crippen molar-refractivity contribution < 1.29 is 4.74 Å². The molecule has 0 unspecified atom stereocenters. The summed E-state index contributed by atoms with van der Waals surface area (Å²) in [5.41, 5.74) is 0.170. The number of hydrogen-bond donors (Lipinski definition) is 1. The zero-order chi connectivity index (χ0) is 12.0. The summed E-state index contributed by atoms with van der Waals surface area (Å²) < 4.78 is 5.58. The maximum absolute atomic E-state index is 5.97. The maximum atomic E-state index is 5.97. The van der Waals surface area contributed by atoms with E-state index < -0.39 is 0 Å². The van der Waals surface area contributed by atoms with Gasteiger partial charge in [0.05, 0.1) is 5.02 Å². The molecule has 0 aromatic heterocycles. The fourth-order valence-electron chi connectivity index (χ4n) is 1.24. The van der Waals surface area contributed by atoms with Crippen molar-refractivity contribution in [3.63, 3.8) is 0 Å². The lowest BCUT2D eigenvalue weighted by molar-refractivity contribution is 0.281. The van der Waals surface area contributed by atoms with Crippen LogP contribution in [0.2, 0.25) is 5.02 Å². The SMILES string of the molecule is CCC(C)(C)NCCOc1ccccc1Cl. The first kappa shape index (κ1) is 13.3. The molecular weight excluding hydrogens is 222 g/mol. The summed E-state index contributed by atoms with van der Waals surface area (Å²) >= 11 is 5.97. The Balaban J connectivity index is 2.29. The van der Waals surface area contributed by atoms with Gasteiger partial charge in [-0.3, -0.25) is 0 Å². The predicted octanol–water partition coefficient (Wildman–Crippen LogP) is 3.50. The Morgan fingerprint density at radius 1 is 1.31 bits per heavy atom. The number of hydrogen-bond acceptors (Lipinski definition) is 2. The van der Waals surface area contributed by atoms with Crippen LogP contribution >= 0.6 is 11.6 Å². The molecule has 90 valence electrons. The summed E-state index contributed by atoms with van der Waals surface area (Å²) in [5.74, 6) is 0.750. The van der Waals surface area contributed by atoms with Gasteiger partial charge in [0, 0.05) is 12.1 Å². The number of para-hydroxylation sites is 1. The zero-order valence-electron chi connectivity index (χ0n) is 10.2. The van der Waals surface area contributed by atoms with Crippen molar-refractivity contribution in [3.8, 4) is 5.75 Å². The molecule has 0 aliphatic carbocycles. The Morgan fingerprint density at radius 2 is 2.00 bits per heavy atom. The summed E-state index contributed by atoms with van der Waals surface area (Å²) in [6, 6.07) is 7.53. The Labute approximate surface area is 103 Å². The van der Waals surface area contributed by atoms with E-state index in [1.807, 2.05) is 24.3 Å². The molecule has 16 heavy (non-hydrogen) atoms. The summed E-state index contributed by atoms with van der Waals surface area (Å²) in [4.78, 5) is 0. The average molecular weight is 242 g/mol. The molecular formula is C13H20ClNO. The van der Waals surface area contributed by atoms with Gasteiger partial charge in [0.1, 0.15) is 12.4 Å². The van der Waals surface area contributed by atoms with Gasteiger partial charge >= 0.3 is 0 Å². The standard InChI is InChI=1S/C13H20ClNO/c1-4-13(2,3)15-9-10-16-12-8-6-5-7-11(12)14/h5-8,15H,4,9-10H2,1-3H3. The van der Waals surface area contributed by atoms with Crippen LogP contribution in [-0.4, -0.2) is 18.7 Å². The molecule has 0 heterocycles. The molecule has 0 amide bonds. The van der Waals surface area contributed by atoms with Crippen LogP contribution in [-0.2, 0) is 0 Å². The van der Waals surface area contributed by atoms with Crippen LogP contribution in [0.25, 0.3) is 0 Å². The molecule has 0 radical (unpaired) electrons. The van der Waals surface area contributed by atoms with Crippen molar-refractivity contribution in [2.24, 2.45) is 0 Å². The molecule has 0 fully saturated rings. The highest BCUT2D eigenvalue weighted by atomic mass is 35.5. The number of rotatable bonds is 6. The molecule has 0 aliphatic rings. The zero-order valence-corrected chi connectivity index (χ0v) is 11.0. The van der Waals surface area contributed by atoms with E-state index in [-0.39, 0.29) is 5.54 Å². The molecule has 1 aromatic rings. The van der Waals surface area contributed by atoms with E-state index in [2.05, 4.69) is 26.1 Å². The summed E-state index contributed by atoms with van der Waals surface area (Å²) in [6.07, 6.45) is 1.10. The van der Waals surface area contributed by atoms with Crippen molar-refractivity contribution in [3.05, 3.63) is 29.3 Å². The molecule has 0 bridgehead atoms. The lowest BCUT2D eigenvalue weighted by Crippen LogP contribution is -2.40. The van der Waals surface area contributed by atoms with Crippen LogP contribution in [0.3, 0.4) is 0 Å². The molecule has 2 nitrogen and oxygen atoms in total. The molecule has 1 rings (SSSR count). The molecule has 0 atom stereocenters. The Morgan fingerprint density at radius 3 is 2.62 bits per heavy atom. The van der Waals surface area contributed by atoms with Crippen LogP contribution in [0, 0.1) is 0 Å². The van der Waals surface area contributed by atoms with E-state index in [4.69, 9.17) is 16.3 Å². The van der Waals surface area contributed by atoms with E-state index >= 15 is 0 Å². The van der Waals surface area contributed by atoms with Gasteiger partial charge in [-0.1, -0.05) is 30.7 Å². The van der Waals surface area contributed by atoms with Gasteiger partial charge in [-0.15, -0.1) is 0 Å². The van der Waals surface area contributed by atoms with Crippen LogP contribution in [0.15, 0.2) is 24.3 Å². The quantitative estimate of drug-likeness (QED) is 0.770. The fraction of sp³-hybridized carbons (Fsp3) is 0.538. The van der Waals surface area contributed by atoms with E-state index in [1.165, 1.54) is 0 Å². The third kappa shape index (κ3) is 4.42. The van der Waals surface area contributed by atoms with Crippen LogP contribution in [0.1, 0.15) is 27.2 Å². The predicted molar refractivity (Wildman–Crippen MR) is 69.3 cm³/mol. The average Bonchev–Trinajstić information content (AvgIpc) is 2.27. The number of ether oxygens (including phenoxy) is 1. The topological polar surface area (TPSA) is 21.3 Å². The molecule has 1 aromatic carbocycles. The first-order valence-electron chi connectivity index (χ1n) is 5.67. The molecule has 1 N–H and O–H groups in total. The van der Waals surface area contributed by atoms with E-state index in [0.29, 0.717) is 11.6 Å². The molecule has 0 aliphatic heterocycles. The first-order chi connectivity index (χ1) is 7.55. The van der Waals surface area contributed by atoms with Gasteiger partial charge in [-0.25, -0.2) is 0 Å². The van der Waals surface area contributed by atoms with Gasteiger partial charge in [-0.2, -0.15) is 0 Å². The first-order valence-corrected chi connectivity index (χ1v) is 6.05. The second-order valence-electron chi connectivity index (χ2n) is 4.44. The van der Waals surface area contributed by atoms with Crippen molar-refractivity contribution in [2.45, 2.75) is 32.7 Å². The van der Waals surface area contributed by atoms with Gasteiger partial charge in [0.25, 0.3) is 0 Å². The van der Waals surface area contributed by atoms with Crippen molar-refractivity contribution >= 4 is 11.6 Å². The number of nitrogens with one attached hydrogen (secondary N) is 1. The highest BCUT2D eigenvalue weighted by Gasteiger charge is 2.12. The van der Waals surface area contributed by atoms with Gasteiger partial charge in [-0.05, 0) is 32.4 Å². The lowest BCUT2D eigenvalue weighted by Gasteiger charge is -2.24. The minimum Gasteiger partial charge on any atom is -0.491 e. The second kappa shape index (κ2) is 6.12. The van der Waals surface area contributed by atoms with Gasteiger partial charge in [0.15, 0.2) is 0 Å². The minimum atomic E-state index is 0.170. The Hall–Kier alpha value is -0.730. The number of halogens is 1. The van der Waals surface area contributed by atoms with E-state index in [9.17, 15) is 0 Å². The Bertz CT molecular complexity index is 325. The second-order valence-corrected chi connectivity index (χ2v) is 4.85. The fourth-order valence-corrected chi connectivity index (χ4v) is 1.43. The summed E-state index contributed by atoms with van der Waals surface area (Å²) in [6.45, 7) is 7.99. The van der Waals surface area contributed by atoms with Gasteiger partial charge in [0.2, 0.25) is 0 Å². The Kier molecular flexibility index (Phi) is 5.10. The van der Waals surface area contributed by atoms with Crippen molar-refractivity contribution in [2.75, 3.05) is 13.2 Å². The highest BCUT2D eigenvalue weighted by molar-refractivity contribution is 6.32. The molecule has 0 saturated heterocycles. The molecule has 0 spiro atoms. The molecule has 0 saturated carbocycles. The largest absolute Gasteiger partial charge is 0.491 e. The van der Waals surface area contributed by atoms with Crippen LogP contribution in [0.5, 0.6) is 5.75 Å². The normalized spacial score (nSPS) is 11.5. The van der Waals surface area contributed by atoms with Crippen molar-refractivity contribution in [1.82, 2.24) is 5.32 Å². The smallest absolute Gasteiger partial charge is 0.137 e. The minimum absolute atomic E-state index is 0.170. The third-order valence-electron chi connectivity index (χ3n) is 2.68. The summed E-state index contributed by atoms with van der Waals surface area (Å²) in [5, 5.41) is 4.09.